The monoisotopic (exact) mass is 256 g/mol. The Morgan fingerprint density at radius 3 is 2.44 bits per heavy atom. The van der Waals surface area contributed by atoms with E-state index in [1.165, 1.54) is 5.57 Å². The number of aliphatic hydroxyl groups is 3. The molecular weight excluding hydrogens is 228 g/mol. The highest BCUT2D eigenvalue weighted by molar-refractivity contribution is 5.00. The van der Waals surface area contributed by atoms with Gasteiger partial charge in [0, 0.05) is 6.42 Å². The van der Waals surface area contributed by atoms with Crippen LogP contribution in [0.25, 0.3) is 0 Å². The van der Waals surface area contributed by atoms with Gasteiger partial charge < -0.3 is 15.3 Å². The van der Waals surface area contributed by atoms with E-state index in [9.17, 15) is 15.3 Å². The summed E-state index contributed by atoms with van der Waals surface area (Å²) >= 11 is 0. The molecular formula is C15H28O3. The van der Waals surface area contributed by atoms with E-state index in [0.29, 0.717) is 12.8 Å². The smallest absolute Gasteiger partial charge is 0.0879 e. The minimum atomic E-state index is -1.05. The van der Waals surface area contributed by atoms with Crippen molar-refractivity contribution in [3.8, 4) is 0 Å². The van der Waals surface area contributed by atoms with E-state index < -0.39 is 17.3 Å². The molecule has 0 unspecified atom stereocenters. The summed E-state index contributed by atoms with van der Waals surface area (Å²) in [6, 6.07) is 0. The number of hydrogen-bond donors (Lipinski definition) is 3. The van der Waals surface area contributed by atoms with Crippen molar-refractivity contribution < 1.29 is 15.3 Å². The second-order valence-corrected chi connectivity index (χ2v) is 6.44. The van der Waals surface area contributed by atoms with Gasteiger partial charge in [0.25, 0.3) is 0 Å². The summed E-state index contributed by atoms with van der Waals surface area (Å²) in [5.74, 6) is 0.138. The van der Waals surface area contributed by atoms with Crippen molar-refractivity contribution in [2.75, 3.05) is 0 Å². The Morgan fingerprint density at radius 2 is 1.94 bits per heavy atom. The highest BCUT2D eigenvalue weighted by Crippen LogP contribution is 2.40. The van der Waals surface area contributed by atoms with E-state index in [1.807, 2.05) is 6.92 Å². The molecule has 1 saturated carbocycles. The van der Waals surface area contributed by atoms with Crippen LogP contribution >= 0.6 is 0 Å². The van der Waals surface area contributed by atoms with Crippen LogP contribution in [0, 0.1) is 5.92 Å². The van der Waals surface area contributed by atoms with Crippen molar-refractivity contribution in [1.29, 1.82) is 0 Å². The maximum atomic E-state index is 10.6. The lowest BCUT2D eigenvalue weighted by molar-refractivity contribution is -0.163. The van der Waals surface area contributed by atoms with Crippen molar-refractivity contribution in [2.45, 2.75) is 77.1 Å². The van der Waals surface area contributed by atoms with Crippen LogP contribution in [0.5, 0.6) is 0 Å². The first kappa shape index (κ1) is 15.7. The molecule has 4 atom stereocenters. The Bertz CT molecular complexity index is 305. The van der Waals surface area contributed by atoms with Gasteiger partial charge in [0.1, 0.15) is 0 Å². The predicted octanol–water partition coefficient (Wildman–Crippen LogP) is 2.40. The van der Waals surface area contributed by atoms with Crippen LogP contribution in [0.15, 0.2) is 11.6 Å². The summed E-state index contributed by atoms with van der Waals surface area (Å²) in [6.45, 7) is 7.82. The second kappa shape index (κ2) is 5.72. The van der Waals surface area contributed by atoms with Crippen LogP contribution in [0.1, 0.15) is 59.8 Å². The fourth-order valence-corrected chi connectivity index (χ4v) is 2.63. The average Bonchev–Trinajstić information content (AvgIpc) is 2.24. The topological polar surface area (TPSA) is 60.7 Å². The lowest BCUT2D eigenvalue weighted by Crippen LogP contribution is -2.53. The molecule has 1 rings (SSSR count). The van der Waals surface area contributed by atoms with E-state index in [2.05, 4.69) is 19.9 Å². The Morgan fingerprint density at radius 1 is 1.33 bits per heavy atom. The van der Waals surface area contributed by atoms with Crippen LogP contribution in [-0.2, 0) is 0 Å². The molecule has 18 heavy (non-hydrogen) atoms. The molecule has 3 heteroatoms. The van der Waals surface area contributed by atoms with Crippen molar-refractivity contribution >= 4 is 0 Å². The standard InChI is InChI=1S/C15H28O3/c1-11(2)6-5-7-12(3)15(18)9-8-14(4,17)13(16)10-15/h6,12-13,16-18H,5,7-10H2,1-4H3/t12-,13+,14-,15-/m0/s1. The summed E-state index contributed by atoms with van der Waals surface area (Å²) in [5.41, 5.74) is -0.594. The fourth-order valence-electron chi connectivity index (χ4n) is 2.63. The highest BCUT2D eigenvalue weighted by atomic mass is 16.3. The first-order chi connectivity index (χ1) is 8.17. The second-order valence-electron chi connectivity index (χ2n) is 6.44. The lowest BCUT2D eigenvalue weighted by atomic mass is 9.69. The van der Waals surface area contributed by atoms with Gasteiger partial charge >= 0.3 is 0 Å². The van der Waals surface area contributed by atoms with Gasteiger partial charge in [-0.15, -0.1) is 0 Å². The first-order valence-corrected chi connectivity index (χ1v) is 6.93. The van der Waals surface area contributed by atoms with Crippen LogP contribution in [0.2, 0.25) is 0 Å². The van der Waals surface area contributed by atoms with Gasteiger partial charge in [-0.1, -0.05) is 18.6 Å². The number of hydrogen-bond acceptors (Lipinski definition) is 3. The molecule has 1 fully saturated rings. The molecule has 0 spiro atoms. The molecule has 0 saturated heterocycles. The minimum Gasteiger partial charge on any atom is -0.390 e. The Hall–Kier alpha value is -0.380. The molecule has 0 radical (unpaired) electrons. The van der Waals surface area contributed by atoms with E-state index in [4.69, 9.17) is 0 Å². The van der Waals surface area contributed by atoms with Crippen molar-refractivity contribution in [3.63, 3.8) is 0 Å². The van der Waals surface area contributed by atoms with E-state index in [0.717, 1.165) is 12.8 Å². The Kier molecular flexibility index (Phi) is 4.98. The Balaban J connectivity index is 2.57. The molecule has 0 bridgehead atoms. The van der Waals surface area contributed by atoms with Gasteiger partial charge in [0.2, 0.25) is 0 Å². The highest BCUT2D eigenvalue weighted by Gasteiger charge is 2.46. The maximum Gasteiger partial charge on any atom is 0.0879 e. The molecule has 106 valence electrons. The third kappa shape index (κ3) is 3.81. The number of allylic oxidation sites excluding steroid dienone is 2. The molecule has 0 aromatic carbocycles. The minimum absolute atomic E-state index is 0.138. The molecule has 0 aliphatic heterocycles. The summed E-state index contributed by atoms with van der Waals surface area (Å²) in [4.78, 5) is 0. The van der Waals surface area contributed by atoms with Crippen LogP contribution in [0.4, 0.5) is 0 Å². The zero-order valence-electron chi connectivity index (χ0n) is 12.1. The van der Waals surface area contributed by atoms with Crippen molar-refractivity contribution in [1.82, 2.24) is 0 Å². The molecule has 3 nitrogen and oxygen atoms in total. The van der Waals surface area contributed by atoms with E-state index >= 15 is 0 Å². The summed E-state index contributed by atoms with van der Waals surface area (Å²) in [7, 11) is 0. The molecule has 1 aliphatic rings. The van der Waals surface area contributed by atoms with Gasteiger partial charge in [0.15, 0.2) is 0 Å². The Labute approximate surface area is 111 Å². The SMILES string of the molecule is CC(C)=CCC[C@H](C)[C@]1(O)CC[C@](C)(O)[C@H](O)C1. The van der Waals surface area contributed by atoms with Crippen LogP contribution < -0.4 is 0 Å². The maximum absolute atomic E-state index is 10.6. The zero-order valence-corrected chi connectivity index (χ0v) is 12.1. The number of aliphatic hydroxyl groups excluding tert-OH is 1. The summed E-state index contributed by atoms with van der Waals surface area (Å²) in [6.07, 6.45) is 4.51. The molecule has 3 N–H and O–H groups in total. The van der Waals surface area contributed by atoms with Gasteiger partial charge in [0.05, 0.1) is 17.3 Å². The zero-order chi connectivity index (χ0) is 14.0. The molecule has 1 aliphatic carbocycles. The molecule has 0 amide bonds. The van der Waals surface area contributed by atoms with E-state index in [-0.39, 0.29) is 12.3 Å². The molecule has 0 aromatic heterocycles. The van der Waals surface area contributed by atoms with Gasteiger partial charge in [-0.05, 0) is 52.4 Å². The molecule has 0 heterocycles. The van der Waals surface area contributed by atoms with Gasteiger partial charge in [-0.2, -0.15) is 0 Å². The van der Waals surface area contributed by atoms with Crippen LogP contribution in [0.3, 0.4) is 0 Å². The summed E-state index contributed by atoms with van der Waals surface area (Å²) < 4.78 is 0. The average molecular weight is 256 g/mol. The lowest BCUT2D eigenvalue weighted by Gasteiger charge is -2.45. The quantitative estimate of drug-likeness (QED) is 0.677. The fraction of sp³-hybridized carbons (Fsp3) is 0.867. The van der Waals surface area contributed by atoms with Crippen molar-refractivity contribution in [2.24, 2.45) is 5.92 Å². The third-order valence-electron chi connectivity index (χ3n) is 4.40. The normalized spacial score (nSPS) is 38.3. The summed E-state index contributed by atoms with van der Waals surface area (Å²) in [5, 5.41) is 30.5. The largest absolute Gasteiger partial charge is 0.390 e. The van der Waals surface area contributed by atoms with Crippen LogP contribution in [-0.4, -0.2) is 32.6 Å². The first-order valence-electron chi connectivity index (χ1n) is 6.93. The molecule has 0 aromatic rings. The van der Waals surface area contributed by atoms with Gasteiger partial charge in [-0.3, -0.25) is 0 Å². The van der Waals surface area contributed by atoms with Gasteiger partial charge in [-0.25, -0.2) is 0 Å². The third-order valence-corrected chi connectivity index (χ3v) is 4.40. The van der Waals surface area contributed by atoms with Crippen molar-refractivity contribution in [3.05, 3.63) is 11.6 Å². The van der Waals surface area contributed by atoms with E-state index in [1.54, 1.807) is 6.92 Å². The predicted molar refractivity (Wildman–Crippen MR) is 73.3 cm³/mol. The number of rotatable bonds is 4.